The zero-order valence-corrected chi connectivity index (χ0v) is 13.2. The van der Waals surface area contributed by atoms with E-state index >= 15 is 0 Å². The second kappa shape index (κ2) is 5.85. The molecule has 0 saturated carbocycles. The van der Waals surface area contributed by atoms with Gasteiger partial charge in [-0.15, -0.1) is 0 Å². The Kier molecular flexibility index (Phi) is 3.90. The highest BCUT2D eigenvalue weighted by molar-refractivity contribution is 6.33. The molecule has 2 aromatic carbocycles. The second-order valence-electron chi connectivity index (χ2n) is 5.36. The van der Waals surface area contributed by atoms with Crippen LogP contribution in [0.4, 0.5) is 5.69 Å². The maximum atomic E-state index is 12.2. The van der Waals surface area contributed by atoms with Crippen LogP contribution < -0.4 is 5.32 Å². The van der Waals surface area contributed by atoms with E-state index in [4.69, 9.17) is 16.0 Å². The Labute approximate surface area is 133 Å². The summed E-state index contributed by atoms with van der Waals surface area (Å²) in [5.74, 6) is -0.0787. The molecule has 1 heterocycles. The zero-order chi connectivity index (χ0) is 15.7. The molecule has 4 heteroatoms. The maximum Gasteiger partial charge on any atom is 0.228 e. The highest BCUT2D eigenvalue weighted by Gasteiger charge is 2.15. The molecule has 0 fully saturated rings. The van der Waals surface area contributed by atoms with Gasteiger partial charge in [-0.2, -0.15) is 0 Å². The molecular formula is C18H16ClNO2. The number of fused-ring (bicyclic) bond motifs is 1. The van der Waals surface area contributed by atoms with Crippen LogP contribution in [0.15, 0.2) is 47.1 Å². The van der Waals surface area contributed by atoms with E-state index in [-0.39, 0.29) is 12.3 Å². The smallest absolute Gasteiger partial charge is 0.228 e. The van der Waals surface area contributed by atoms with Crippen molar-refractivity contribution >= 4 is 34.2 Å². The average molecular weight is 314 g/mol. The summed E-state index contributed by atoms with van der Waals surface area (Å²) < 4.78 is 5.58. The van der Waals surface area contributed by atoms with E-state index in [0.717, 1.165) is 38.4 Å². The standard InChI is InChI=1S/C18H16ClNO2/c1-11-8-15-17(12(2)18(11)19)13(10-22-15)9-16(21)20-14-6-4-3-5-7-14/h3-8,10H,9H2,1-2H3,(H,20,21). The van der Waals surface area contributed by atoms with E-state index in [0.29, 0.717) is 0 Å². The van der Waals surface area contributed by atoms with Crippen molar-refractivity contribution in [2.45, 2.75) is 20.3 Å². The van der Waals surface area contributed by atoms with Crippen LogP contribution in [0.25, 0.3) is 11.0 Å². The van der Waals surface area contributed by atoms with Crippen molar-refractivity contribution in [2.24, 2.45) is 0 Å². The van der Waals surface area contributed by atoms with E-state index in [1.807, 2.05) is 50.2 Å². The molecule has 0 atom stereocenters. The first-order chi connectivity index (χ1) is 10.6. The number of aryl methyl sites for hydroxylation is 2. The molecule has 0 spiro atoms. The number of nitrogens with one attached hydrogen (secondary N) is 1. The van der Waals surface area contributed by atoms with Crippen molar-refractivity contribution < 1.29 is 9.21 Å². The fourth-order valence-corrected chi connectivity index (χ4v) is 2.79. The van der Waals surface area contributed by atoms with Gasteiger partial charge < -0.3 is 9.73 Å². The van der Waals surface area contributed by atoms with Gasteiger partial charge in [0, 0.05) is 21.7 Å². The molecule has 0 radical (unpaired) electrons. The SMILES string of the molecule is Cc1cc2occ(CC(=O)Nc3ccccc3)c2c(C)c1Cl. The Bertz CT molecular complexity index is 837. The molecule has 0 unspecified atom stereocenters. The molecule has 3 rings (SSSR count). The third-order valence-corrected chi connectivity index (χ3v) is 4.28. The van der Waals surface area contributed by atoms with Crippen LogP contribution in [-0.4, -0.2) is 5.91 Å². The molecule has 22 heavy (non-hydrogen) atoms. The molecule has 0 saturated heterocycles. The number of amides is 1. The molecule has 3 nitrogen and oxygen atoms in total. The number of hydrogen-bond donors (Lipinski definition) is 1. The van der Waals surface area contributed by atoms with Gasteiger partial charge >= 0.3 is 0 Å². The molecule has 1 aromatic heterocycles. The summed E-state index contributed by atoms with van der Waals surface area (Å²) in [7, 11) is 0. The molecule has 0 bridgehead atoms. The number of hydrogen-bond acceptors (Lipinski definition) is 2. The third kappa shape index (κ3) is 2.72. The molecule has 0 aliphatic heterocycles. The van der Waals surface area contributed by atoms with Crippen molar-refractivity contribution in [3.8, 4) is 0 Å². The lowest BCUT2D eigenvalue weighted by Crippen LogP contribution is -2.14. The molecule has 1 N–H and O–H groups in total. The Hall–Kier alpha value is -2.26. The highest BCUT2D eigenvalue weighted by Crippen LogP contribution is 2.32. The lowest BCUT2D eigenvalue weighted by molar-refractivity contribution is -0.115. The van der Waals surface area contributed by atoms with Gasteiger partial charge in [0.15, 0.2) is 0 Å². The van der Waals surface area contributed by atoms with E-state index < -0.39 is 0 Å². The van der Waals surface area contributed by atoms with Gasteiger partial charge in [-0.1, -0.05) is 29.8 Å². The number of halogens is 1. The molecule has 0 aliphatic carbocycles. The summed E-state index contributed by atoms with van der Waals surface area (Å²) in [6.07, 6.45) is 1.89. The Morgan fingerprint density at radius 1 is 1.23 bits per heavy atom. The second-order valence-corrected chi connectivity index (χ2v) is 5.74. The van der Waals surface area contributed by atoms with Crippen LogP contribution in [0.5, 0.6) is 0 Å². The normalized spacial score (nSPS) is 10.9. The van der Waals surface area contributed by atoms with Crippen LogP contribution in [-0.2, 0) is 11.2 Å². The van der Waals surface area contributed by atoms with Gasteiger partial charge in [0.1, 0.15) is 5.58 Å². The van der Waals surface area contributed by atoms with Crippen molar-refractivity contribution in [3.05, 3.63) is 64.4 Å². The van der Waals surface area contributed by atoms with Gasteiger partial charge in [-0.05, 0) is 43.2 Å². The first-order valence-corrected chi connectivity index (χ1v) is 7.44. The first kappa shape index (κ1) is 14.7. The summed E-state index contributed by atoms with van der Waals surface area (Å²) >= 11 is 6.31. The molecular weight excluding hydrogens is 298 g/mol. The topological polar surface area (TPSA) is 42.2 Å². The van der Waals surface area contributed by atoms with Crippen LogP contribution in [0, 0.1) is 13.8 Å². The largest absolute Gasteiger partial charge is 0.464 e. The van der Waals surface area contributed by atoms with Crippen LogP contribution in [0.3, 0.4) is 0 Å². The fourth-order valence-electron chi connectivity index (χ4n) is 2.64. The molecule has 112 valence electrons. The minimum absolute atomic E-state index is 0.0787. The van der Waals surface area contributed by atoms with Crippen molar-refractivity contribution in [1.29, 1.82) is 0 Å². The zero-order valence-electron chi connectivity index (χ0n) is 12.4. The maximum absolute atomic E-state index is 12.2. The van der Waals surface area contributed by atoms with Crippen molar-refractivity contribution in [2.75, 3.05) is 5.32 Å². The summed E-state index contributed by atoms with van der Waals surface area (Å²) in [4.78, 5) is 12.2. The van der Waals surface area contributed by atoms with Crippen LogP contribution in [0.2, 0.25) is 5.02 Å². The van der Waals surface area contributed by atoms with E-state index in [1.165, 1.54) is 0 Å². The molecule has 1 amide bonds. The number of rotatable bonds is 3. The summed E-state index contributed by atoms with van der Waals surface area (Å²) in [5.41, 5.74) is 4.32. The van der Waals surface area contributed by atoms with E-state index in [1.54, 1.807) is 6.26 Å². The Morgan fingerprint density at radius 2 is 1.95 bits per heavy atom. The van der Waals surface area contributed by atoms with Crippen molar-refractivity contribution in [3.63, 3.8) is 0 Å². The molecule has 0 aliphatic rings. The van der Waals surface area contributed by atoms with Gasteiger partial charge in [0.25, 0.3) is 0 Å². The van der Waals surface area contributed by atoms with Gasteiger partial charge in [0.2, 0.25) is 5.91 Å². The van der Waals surface area contributed by atoms with Crippen LogP contribution >= 0.6 is 11.6 Å². The van der Waals surface area contributed by atoms with E-state index in [2.05, 4.69) is 5.32 Å². The predicted octanol–water partition coefficient (Wildman–Crippen LogP) is 4.88. The molecule has 3 aromatic rings. The van der Waals surface area contributed by atoms with Crippen molar-refractivity contribution in [1.82, 2.24) is 0 Å². The average Bonchev–Trinajstić information content (AvgIpc) is 2.88. The van der Waals surface area contributed by atoms with Gasteiger partial charge in [0.05, 0.1) is 12.7 Å². The third-order valence-electron chi connectivity index (χ3n) is 3.70. The highest BCUT2D eigenvalue weighted by atomic mass is 35.5. The van der Waals surface area contributed by atoms with Gasteiger partial charge in [-0.25, -0.2) is 0 Å². The lowest BCUT2D eigenvalue weighted by atomic mass is 10.0. The Balaban J connectivity index is 1.88. The number of benzene rings is 2. The van der Waals surface area contributed by atoms with E-state index in [9.17, 15) is 4.79 Å². The number of furan rings is 1. The van der Waals surface area contributed by atoms with Crippen LogP contribution in [0.1, 0.15) is 16.7 Å². The minimum Gasteiger partial charge on any atom is -0.464 e. The summed E-state index contributed by atoms with van der Waals surface area (Å²) in [5, 5.41) is 4.53. The van der Waals surface area contributed by atoms with Gasteiger partial charge in [-0.3, -0.25) is 4.79 Å². The Morgan fingerprint density at radius 3 is 2.68 bits per heavy atom. The number of anilines is 1. The number of para-hydroxylation sites is 1. The fraction of sp³-hybridized carbons (Fsp3) is 0.167. The monoisotopic (exact) mass is 313 g/mol. The quantitative estimate of drug-likeness (QED) is 0.748. The summed E-state index contributed by atoms with van der Waals surface area (Å²) in [6, 6.07) is 11.3. The minimum atomic E-state index is -0.0787. The summed E-state index contributed by atoms with van der Waals surface area (Å²) in [6.45, 7) is 3.89. The lowest BCUT2D eigenvalue weighted by Gasteiger charge is -2.07. The predicted molar refractivity (Wildman–Crippen MR) is 89.5 cm³/mol. The number of carbonyl (C=O) groups excluding carboxylic acids is 1. The first-order valence-electron chi connectivity index (χ1n) is 7.07. The number of carbonyl (C=O) groups is 1.